The van der Waals surface area contributed by atoms with E-state index in [9.17, 15) is 14.4 Å². The predicted molar refractivity (Wildman–Crippen MR) is 101 cm³/mol. The highest BCUT2D eigenvalue weighted by Crippen LogP contribution is 2.35. The summed E-state index contributed by atoms with van der Waals surface area (Å²) in [7, 11) is 3.81. The monoisotopic (exact) mass is 373 g/mol. The zero-order valence-electron chi connectivity index (χ0n) is 16.0. The van der Waals surface area contributed by atoms with Crippen LogP contribution in [0.5, 0.6) is 0 Å². The Balaban J connectivity index is 1.45. The molecule has 8 heteroatoms. The number of hydrogen-bond donors (Lipinski definition) is 2. The van der Waals surface area contributed by atoms with Crippen LogP contribution in [-0.4, -0.2) is 53.9 Å². The number of aromatic nitrogens is 1. The number of nitrogens with zero attached hydrogens (tertiary/aromatic N) is 3. The van der Waals surface area contributed by atoms with E-state index in [-0.39, 0.29) is 30.8 Å². The fourth-order valence-electron chi connectivity index (χ4n) is 3.85. The number of carbonyl (C=O) groups excluding carboxylic acids is 3. The van der Waals surface area contributed by atoms with E-state index < -0.39 is 5.54 Å². The van der Waals surface area contributed by atoms with Crippen LogP contribution >= 0.6 is 0 Å². The molecule has 0 radical (unpaired) electrons. The van der Waals surface area contributed by atoms with Crippen molar-refractivity contribution in [1.29, 1.82) is 0 Å². The number of imide groups is 1. The average Bonchev–Trinajstić information content (AvgIpc) is 3.20. The van der Waals surface area contributed by atoms with Gasteiger partial charge in [0.25, 0.3) is 5.91 Å². The van der Waals surface area contributed by atoms with E-state index >= 15 is 0 Å². The van der Waals surface area contributed by atoms with Crippen molar-refractivity contribution in [3.05, 3.63) is 23.9 Å². The largest absolute Gasteiger partial charge is 0.362 e. The van der Waals surface area contributed by atoms with Crippen LogP contribution in [0.2, 0.25) is 0 Å². The minimum Gasteiger partial charge on any atom is -0.362 e. The van der Waals surface area contributed by atoms with Crippen molar-refractivity contribution in [2.24, 2.45) is 0 Å². The topological polar surface area (TPSA) is 94.6 Å². The van der Waals surface area contributed by atoms with Crippen molar-refractivity contribution >= 4 is 23.7 Å². The molecule has 0 atom stereocenters. The van der Waals surface area contributed by atoms with Gasteiger partial charge >= 0.3 is 6.03 Å². The highest BCUT2D eigenvalue weighted by Gasteiger charge is 2.51. The third kappa shape index (κ3) is 4.04. The van der Waals surface area contributed by atoms with Crippen LogP contribution in [-0.2, 0) is 16.1 Å². The molecule has 2 fully saturated rings. The Morgan fingerprint density at radius 1 is 1.33 bits per heavy atom. The predicted octanol–water partition coefficient (Wildman–Crippen LogP) is 1.41. The molecule has 3 rings (SSSR count). The molecular formula is C19H27N5O3. The summed E-state index contributed by atoms with van der Waals surface area (Å²) in [6, 6.07) is 3.44. The molecule has 0 bridgehead atoms. The molecule has 8 nitrogen and oxygen atoms in total. The summed E-state index contributed by atoms with van der Waals surface area (Å²) >= 11 is 0. The number of hydrogen-bond acceptors (Lipinski definition) is 5. The number of urea groups is 1. The maximum Gasteiger partial charge on any atom is 0.325 e. The molecule has 1 saturated carbocycles. The quantitative estimate of drug-likeness (QED) is 0.705. The summed E-state index contributed by atoms with van der Waals surface area (Å²) in [5, 5.41) is 5.74. The van der Waals surface area contributed by atoms with Crippen molar-refractivity contribution in [3.8, 4) is 0 Å². The molecule has 2 aliphatic rings. The van der Waals surface area contributed by atoms with Gasteiger partial charge in [0, 0.05) is 45.4 Å². The Bertz CT molecular complexity index is 728. The minimum absolute atomic E-state index is 0.105. The first-order valence-electron chi connectivity index (χ1n) is 9.45. The number of nitrogens with one attached hydrogen (secondary N) is 2. The zero-order valence-corrected chi connectivity index (χ0v) is 16.0. The standard InChI is InChI=1S/C19H27N5O3/c1-23(2)16-14(7-5-11-20-16)13-21-15(25)8-6-12-24-17(26)19(22-18(24)27)9-3-4-10-19/h5,7,11H,3-4,6,8-10,12-13H2,1-2H3,(H,21,25)(H,22,27). The molecule has 146 valence electrons. The highest BCUT2D eigenvalue weighted by molar-refractivity contribution is 6.07. The molecular weight excluding hydrogens is 346 g/mol. The van der Waals surface area contributed by atoms with Gasteiger partial charge in [0.15, 0.2) is 0 Å². The van der Waals surface area contributed by atoms with Gasteiger partial charge in [0.1, 0.15) is 11.4 Å². The molecule has 2 N–H and O–H groups in total. The van der Waals surface area contributed by atoms with Crippen molar-refractivity contribution < 1.29 is 14.4 Å². The van der Waals surface area contributed by atoms with Gasteiger partial charge in [-0.3, -0.25) is 14.5 Å². The number of carbonyl (C=O) groups is 3. The van der Waals surface area contributed by atoms with Gasteiger partial charge in [0.05, 0.1) is 0 Å². The molecule has 1 aromatic heterocycles. The summed E-state index contributed by atoms with van der Waals surface area (Å²) in [4.78, 5) is 44.3. The van der Waals surface area contributed by atoms with Gasteiger partial charge in [-0.05, 0) is 25.3 Å². The van der Waals surface area contributed by atoms with Crippen LogP contribution in [0, 0.1) is 0 Å². The summed E-state index contributed by atoms with van der Waals surface area (Å²) in [6.07, 6.45) is 5.80. The van der Waals surface area contributed by atoms with Crippen LogP contribution in [0.4, 0.5) is 10.6 Å². The van der Waals surface area contributed by atoms with Gasteiger partial charge in [-0.1, -0.05) is 18.9 Å². The third-order valence-corrected chi connectivity index (χ3v) is 5.26. The van der Waals surface area contributed by atoms with E-state index in [1.54, 1.807) is 6.20 Å². The Hall–Kier alpha value is -2.64. The number of amides is 4. The van der Waals surface area contributed by atoms with Crippen LogP contribution in [0.1, 0.15) is 44.1 Å². The normalized spacial score (nSPS) is 18.1. The molecule has 27 heavy (non-hydrogen) atoms. The summed E-state index contributed by atoms with van der Waals surface area (Å²) in [6.45, 7) is 0.669. The fraction of sp³-hybridized carbons (Fsp3) is 0.579. The summed E-state index contributed by atoms with van der Waals surface area (Å²) in [5.74, 6) is 0.585. The van der Waals surface area contributed by atoms with Crippen molar-refractivity contribution in [2.75, 3.05) is 25.5 Å². The Labute approximate surface area is 159 Å². The molecule has 1 spiro atoms. The number of pyridine rings is 1. The van der Waals surface area contributed by atoms with Gasteiger partial charge < -0.3 is 15.5 Å². The second kappa shape index (κ2) is 7.94. The minimum atomic E-state index is -0.678. The van der Waals surface area contributed by atoms with Crippen LogP contribution in [0.25, 0.3) is 0 Å². The average molecular weight is 373 g/mol. The smallest absolute Gasteiger partial charge is 0.325 e. The Morgan fingerprint density at radius 2 is 2.07 bits per heavy atom. The molecule has 1 saturated heterocycles. The molecule has 2 heterocycles. The van der Waals surface area contributed by atoms with E-state index in [2.05, 4.69) is 15.6 Å². The lowest BCUT2D eigenvalue weighted by Crippen LogP contribution is -2.44. The van der Waals surface area contributed by atoms with Crippen molar-refractivity contribution in [1.82, 2.24) is 20.5 Å². The summed E-state index contributed by atoms with van der Waals surface area (Å²) in [5.41, 5.74) is 0.260. The van der Waals surface area contributed by atoms with Gasteiger partial charge in [0.2, 0.25) is 5.91 Å². The lowest BCUT2D eigenvalue weighted by atomic mass is 9.98. The third-order valence-electron chi connectivity index (χ3n) is 5.26. The van der Waals surface area contributed by atoms with Crippen LogP contribution < -0.4 is 15.5 Å². The zero-order chi connectivity index (χ0) is 19.4. The SMILES string of the molecule is CN(C)c1ncccc1CNC(=O)CCCN1C(=O)NC2(CCCC2)C1=O. The first-order valence-corrected chi connectivity index (χ1v) is 9.45. The Kier molecular flexibility index (Phi) is 5.62. The fourth-order valence-corrected chi connectivity index (χ4v) is 3.85. The summed E-state index contributed by atoms with van der Waals surface area (Å²) < 4.78 is 0. The van der Waals surface area contributed by atoms with Gasteiger partial charge in [-0.15, -0.1) is 0 Å². The molecule has 1 aromatic rings. The second-order valence-electron chi connectivity index (χ2n) is 7.44. The highest BCUT2D eigenvalue weighted by atomic mass is 16.2. The second-order valence-corrected chi connectivity index (χ2v) is 7.44. The van der Waals surface area contributed by atoms with Crippen LogP contribution in [0.15, 0.2) is 18.3 Å². The molecule has 0 unspecified atom stereocenters. The molecule has 4 amide bonds. The van der Waals surface area contributed by atoms with E-state index in [0.717, 1.165) is 24.2 Å². The first kappa shape index (κ1) is 19.1. The van der Waals surface area contributed by atoms with Crippen LogP contribution in [0.3, 0.4) is 0 Å². The van der Waals surface area contributed by atoms with E-state index in [1.165, 1.54) is 4.90 Å². The van der Waals surface area contributed by atoms with Crippen molar-refractivity contribution in [2.45, 2.75) is 50.6 Å². The lowest BCUT2D eigenvalue weighted by Gasteiger charge is -2.20. The van der Waals surface area contributed by atoms with Crippen molar-refractivity contribution in [3.63, 3.8) is 0 Å². The maximum absolute atomic E-state index is 12.6. The molecule has 1 aliphatic heterocycles. The Morgan fingerprint density at radius 3 is 2.78 bits per heavy atom. The maximum atomic E-state index is 12.6. The van der Waals surface area contributed by atoms with E-state index in [1.807, 2.05) is 31.1 Å². The lowest BCUT2D eigenvalue weighted by molar-refractivity contribution is -0.131. The van der Waals surface area contributed by atoms with Gasteiger partial charge in [-0.25, -0.2) is 9.78 Å². The van der Waals surface area contributed by atoms with E-state index in [0.29, 0.717) is 25.8 Å². The van der Waals surface area contributed by atoms with E-state index in [4.69, 9.17) is 0 Å². The first-order chi connectivity index (χ1) is 12.9. The molecule has 0 aromatic carbocycles. The molecule has 1 aliphatic carbocycles. The van der Waals surface area contributed by atoms with Gasteiger partial charge in [-0.2, -0.15) is 0 Å². The number of anilines is 1. The number of rotatable bonds is 7.